The zero-order chi connectivity index (χ0) is 18.7. The van der Waals surface area contributed by atoms with Gasteiger partial charge in [-0.2, -0.15) is 0 Å². The van der Waals surface area contributed by atoms with Crippen molar-refractivity contribution in [2.24, 2.45) is 5.92 Å². The number of aromatic nitrogens is 1. The van der Waals surface area contributed by atoms with E-state index >= 15 is 0 Å². The molecule has 140 valence electrons. The lowest BCUT2D eigenvalue weighted by molar-refractivity contribution is -0.126. The Balaban J connectivity index is 1.52. The van der Waals surface area contributed by atoms with Crippen LogP contribution in [0.3, 0.4) is 0 Å². The minimum atomic E-state index is -3.20. The topological polar surface area (TPSA) is 92.5 Å². The standard InChI is InChI=1S/C17H20FN3O4S/c1-26(23,24)21-8-6-13(7-9-21)17(22)19-11-15-10-16(25-20-15)12-2-4-14(18)5-3-12/h2-5,10,13H,6-9,11H2,1H3,(H,19,22). The average molecular weight is 381 g/mol. The molecule has 1 aliphatic heterocycles. The van der Waals surface area contributed by atoms with Crippen LogP contribution in [0.25, 0.3) is 11.3 Å². The van der Waals surface area contributed by atoms with E-state index in [1.54, 1.807) is 18.2 Å². The van der Waals surface area contributed by atoms with Crippen LogP contribution in [-0.2, 0) is 21.4 Å². The summed E-state index contributed by atoms with van der Waals surface area (Å²) >= 11 is 0. The molecule has 1 amide bonds. The van der Waals surface area contributed by atoms with Gasteiger partial charge in [-0.05, 0) is 37.1 Å². The number of benzene rings is 1. The van der Waals surface area contributed by atoms with E-state index in [0.717, 1.165) is 0 Å². The molecule has 1 N–H and O–H groups in total. The number of sulfonamides is 1. The van der Waals surface area contributed by atoms with Gasteiger partial charge in [-0.1, -0.05) is 5.16 Å². The lowest BCUT2D eigenvalue weighted by atomic mass is 9.97. The van der Waals surface area contributed by atoms with Crippen molar-refractivity contribution in [3.05, 3.63) is 41.8 Å². The second-order valence-electron chi connectivity index (χ2n) is 6.34. The molecule has 1 fully saturated rings. The van der Waals surface area contributed by atoms with Crippen LogP contribution in [0, 0.1) is 11.7 Å². The molecule has 0 radical (unpaired) electrons. The highest BCUT2D eigenvalue weighted by atomic mass is 32.2. The van der Waals surface area contributed by atoms with Gasteiger partial charge in [0.15, 0.2) is 5.76 Å². The molecule has 1 saturated heterocycles. The van der Waals surface area contributed by atoms with Gasteiger partial charge in [0.1, 0.15) is 11.5 Å². The first kappa shape index (κ1) is 18.5. The Labute approximate surface area is 151 Å². The third-order valence-electron chi connectivity index (χ3n) is 4.43. The number of nitrogens with one attached hydrogen (secondary N) is 1. The Morgan fingerprint density at radius 2 is 1.96 bits per heavy atom. The van der Waals surface area contributed by atoms with E-state index in [0.29, 0.717) is 42.9 Å². The number of piperidine rings is 1. The van der Waals surface area contributed by atoms with Gasteiger partial charge in [-0.25, -0.2) is 17.1 Å². The van der Waals surface area contributed by atoms with Gasteiger partial charge in [-0.15, -0.1) is 0 Å². The number of hydrogen-bond donors (Lipinski definition) is 1. The first-order valence-corrected chi connectivity index (χ1v) is 10.1. The number of halogens is 1. The van der Waals surface area contributed by atoms with Crippen LogP contribution in [0.1, 0.15) is 18.5 Å². The van der Waals surface area contributed by atoms with Crippen LogP contribution < -0.4 is 5.32 Å². The van der Waals surface area contributed by atoms with Crippen molar-refractivity contribution in [1.82, 2.24) is 14.8 Å². The zero-order valence-electron chi connectivity index (χ0n) is 14.3. The normalized spacial score (nSPS) is 16.5. The van der Waals surface area contributed by atoms with Gasteiger partial charge >= 0.3 is 0 Å². The van der Waals surface area contributed by atoms with E-state index < -0.39 is 10.0 Å². The first-order valence-electron chi connectivity index (χ1n) is 8.27. The Morgan fingerprint density at radius 3 is 2.58 bits per heavy atom. The number of carbonyl (C=O) groups is 1. The van der Waals surface area contributed by atoms with E-state index in [4.69, 9.17) is 4.52 Å². The monoisotopic (exact) mass is 381 g/mol. The molecule has 7 nitrogen and oxygen atoms in total. The molecule has 1 aromatic heterocycles. The third-order valence-corrected chi connectivity index (χ3v) is 5.73. The maximum Gasteiger partial charge on any atom is 0.223 e. The third kappa shape index (κ3) is 4.47. The molecule has 0 spiro atoms. The van der Waals surface area contributed by atoms with Crippen LogP contribution in [0.15, 0.2) is 34.9 Å². The van der Waals surface area contributed by atoms with Crippen molar-refractivity contribution in [2.75, 3.05) is 19.3 Å². The lowest BCUT2D eigenvalue weighted by Crippen LogP contribution is -2.42. The van der Waals surface area contributed by atoms with Crippen molar-refractivity contribution >= 4 is 15.9 Å². The fourth-order valence-corrected chi connectivity index (χ4v) is 3.79. The van der Waals surface area contributed by atoms with E-state index in [1.165, 1.54) is 22.7 Å². The van der Waals surface area contributed by atoms with E-state index in [2.05, 4.69) is 10.5 Å². The minimum Gasteiger partial charge on any atom is -0.356 e. The number of carbonyl (C=O) groups excluding carboxylic acids is 1. The summed E-state index contributed by atoms with van der Waals surface area (Å²) in [7, 11) is -3.20. The number of amides is 1. The summed E-state index contributed by atoms with van der Waals surface area (Å²) in [5, 5.41) is 6.71. The molecule has 26 heavy (non-hydrogen) atoms. The van der Waals surface area contributed by atoms with Gasteiger partial charge in [0.25, 0.3) is 0 Å². The highest BCUT2D eigenvalue weighted by molar-refractivity contribution is 7.88. The number of nitrogens with zero attached hydrogens (tertiary/aromatic N) is 2. The van der Waals surface area contributed by atoms with Crippen LogP contribution in [0.2, 0.25) is 0 Å². The second kappa shape index (κ2) is 7.55. The molecule has 9 heteroatoms. The van der Waals surface area contributed by atoms with Gasteiger partial charge in [0.05, 0.1) is 12.8 Å². The Hall–Kier alpha value is -2.26. The SMILES string of the molecule is CS(=O)(=O)N1CCC(C(=O)NCc2cc(-c3ccc(F)cc3)on2)CC1. The molecule has 0 aliphatic carbocycles. The molecule has 1 aliphatic rings. The molecule has 0 saturated carbocycles. The minimum absolute atomic E-state index is 0.121. The predicted molar refractivity (Wildman–Crippen MR) is 92.9 cm³/mol. The molecule has 1 aromatic carbocycles. The molecule has 0 unspecified atom stereocenters. The zero-order valence-corrected chi connectivity index (χ0v) is 15.1. The van der Waals surface area contributed by atoms with E-state index in [9.17, 15) is 17.6 Å². The van der Waals surface area contributed by atoms with Gasteiger partial charge < -0.3 is 9.84 Å². The highest BCUT2D eigenvalue weighted by Crippen LogP contribution is 2.21. The molecule has 0 atom stereocenters. The lowest BCUT2D eigenvalue weighted by Gasteiger charge is -2.29. The summed E-state index contributed by atoms with van der Waals surface area (Å²) in [6.07, 6.45) is 2.17. The van der Waals surface area contributed by atoms with E-state index in [-0.39, 0.29) is 24.2 Å². The average Bonchev–Trinajstić information content (AvgIpc) is 3.08. The molecule has 2 aromatic rings. The summed E-state index contributed by atoms with van der Waals surface area (Å²) in [5.74, 6) is -0.167. The number of hydrogen-bond acceptors (Lipinski definition) is 5. The van der Waals surface area contributed by atoms with Crippen molar-refractivity contribution < 1.29 is 22.1 Å². The summed E-state index contributed by atoms with van der Waals surface area (Å²) in [6.45, 7) is 0.932. The smallest absolute Gasteiger partial charge is 0.223 e. The van der Waals surface area contributed by atoms with E-state index in [1.807, 2.05) is 0 Å². The maximum atomic E-state index is 13.0. The number of rotatable bonds is 5. The van der Waals surface area contributed by atoms with Crippen molar-refractivity contribution in [2.45, 2.75) is 19.4 Å². The van der Waals surface area contributed by atoms with Crippen LogP contribution >= 0.6 is 0 Å². The summed E-state index contributed by atoms with van der Waals surface area (Å²) in [6, 6.07) is 7.55. The first-order chi connectivity index (χ1) is 12.3. The second-order valence-corrected chi connectivity index (χ2v) is 8.33. The molecular formula is C17H20FN3O4S. The van der Waals surface area contributed by atoms with Gasteiger partial charge in [0.2, 0.25) is 15.9 Å². The predicted octanol–water partition coefficient (Wildman–Crippen LogP) is 1.77. The molecule has 3 rings (SSSR count). The van der Waals surface area contributed by atoms with Crippen molar-refractivity contribution in [3.63, 3.8) is 0 Å². The quantitative estimate of drug-likeness (QED) is 0.852. The molecule has 0 bridgehead atoms. The Kier molecular flexibility index (Phi) is 5.38. The Morgan fingerprint density at radius 1 is 1.31 bits per heavy atom. The van der Waals surface area contributed by atoms with Crippen LogP contribution in [-0.4, -0.2) is 43.1 Å². The fraction of sp³-hybridized carbons (Fsp3) is 0.412. The van der Waals surface area contributed by atoms with Gasteiger partial charge in [0, 0.05) is 30.6 Å². The van der Waals surface area contributed by atoms with Crippen LogP contribution in [0.4, 0.5) is 4.39 Å². The Bertz CT molecular complexity index is 872. The largest absolute Gasteiger partial charge is 0.356 e. The molecular weight excluding hydrogens is 361 g/mol. The van der Waals surface area contributed by atoms with Crippen molar-refractivity contribution in [3.8, 4) is 11.3 Å². The summed E-state index contributed by atoms with van der Waals surface area (Å²) < 4.78 is 42.6. The fourth-order valence-electron chi connectivity index (χ4n) is 2.92. The van der Waals surface area contributed by atoms with Gasteiger partial charge in [-0.3, -0.25) is 4.79 Å². The molecule has 2 heterocycles. The van der Waals surface area contributed by atoms with Crippen molar-refractivity contribution in [1.29, 1.82) is 0 Å². The highest BCUT2D eigenvalue weighted by Gasteiger charge is 2.28. The summed E-state index contributed by atoms with van der Waals surface area (Å²) in [5.41, 5.74) is 1.26. The maximum absolute atomic E-state index is 13.0. The summed E-state index contributed by atoms with van der Waals surface area (Å²) in [4.78, 5) is 12.3. The van der Waals surface area contributed by atoms with Crippen LogP contribution in [0.5, 0.6) is 0 Å².